The summed E-state index contributed by atoms with van der Waals surface area (Å²) < 4.78 is 0. The summed E-state index contributed by atoms with van der Waals surface area (Å²) in [5.74, 6) is -0.442. The van der Waals surface area contributed by atoms with Gasteiger partial charge >= 0.3 is 0 Å². The fourth-order valence-electron chi connectivity index (χ4n) is 4.25. The zero-order valence-electron chi connectivity index (χ0n) is 18.0. The van der Waals surface area contributed by atoms with Gasteiger partial charge in [-0.1, -0.05) is 30.3 Å². The van der Waals surface area contributed by atoms with Crippen LogP contribution in [0.4, 0.5) is 5.69 Å². The molecule has 2 heterocycles. The average Bonchev–Trinajstić information content (AvgIpc) is 3.43. The number of hydrogen-bond donors (Lipinski definition) is 3. The van der Waals surface area contributed by atoms with Crippen molar-refractivity contribution in [2.24, 2.45) is 0 Å². The predicted octanol–water partition coefficient (Wildman–Crippen LogP) is 3.49. The Labute approximate surface area is 183 Å². The number of benzene rings is 2. The van der Waals surface area contributed by atoms with Gasteiger partial charge in [-0.2, -0.15) is 0 Å². The second kappa shape index (κ2) is 9.79. The molecule has 1 aliphatic heterocycles. The van der Waals surface area contributed by atoms with Gasteiger partial charge in [-0.3, -0.25) is 9.59 Å². The normalized spacial score (nSPS) is 15.1. The number of anilines is 1. The number of H-pyrrole nitrogens is 1. The lowest BCUT2D eigenvalue weighted by molar-refractivity contribution is -0.125. The van der Waals surface area contributed by atoms with Crippen LogP contribution in [0.25, 0.3) is 10.9 Å². The third-order valence-electron chi connectivity index (χ3n) is 5.93. The minimum Gasteiger partial charge on any atom is -0.361 e. The van der Waals surface area contributed by atoms with E-state index in [1.54, 1.807) is 0 Å². The van der Waals surface area contributed by atoms with Crippen LogP contribution in [0, 0.1) is 0 Å². The van der Waals surface area contributed by atoms with Gasteiger partial charge in [-0.05, 0) is 61.7 Å². The minimum atomic E-state index is -0.647. The van der Waals surface area contributed by atoms with Crippen LogP contribution in [0.2, 0.25) is 0 Å². The van der Waals surface area contributed by atoms with Crippen LogP contribution in [0.15, 0.2) is 54.7 Å². The van der Waals surface area contributed by atoms with Crippen molar-refractivity contribution in [1.29, 1.82) is 0 Å². The van der Waals surface area contributed by atoms with Crippen molar-refractivity contribution in [2.45, 2.75) is 38.6 Å². The van der Waals surface area contributed by atoms with E-state index in [2.05, 4.69) is 32.7 Å². The molecule has 1 unspecified atom stereocenters. The summed E-state index contributed by atoms with van der Waals surface area (Å²) in [6, 6.07) is 15.3. The number of amides is 2. The smallest absolute Gasteiger partial charge is 0.247 e. The van der Waals surface area contributed by atoms with Crippen molar-refractivity contribution in [3.63, 3.8) is 0 Å². The van der Waals surface area contributed by atoms with Crippen molar-refractivity contribution in [3.05, 3.63) is 65.9 Å². The van der Waals surface area contributed by atoms with Crippen LogP contribution >= 0.6 is 0 Å². The van der Waals surface area contributed by atoms with Crippen LogP contribution < -0.4 is 10.6 Å². The van der Waals surface area contributed by atoms with Gasteiger partial charge in [0.05, 0.1) is 0 Å². The molecule has 0 radical (unpaired) electrons. The van der Waals surface area contributed by atoms with Crippen molar-refractivity contribution in [1.82, 2.24) is 15.2 Å². The van der Waals surface area contributed by atoms with Crippen LogP contribution in [0.1, 0.15) is 30.9 Å². The van der Waals surface area contributed by atoms with Crippen LogP contribution in [0.3, 0.4) is 0 Å². The van der Waals surface area contributed by atoms with E-state index in [1.807, 2.05) is 42.6 Å². The highest BCUT2D eigenvalue weighted by Gasteiger charge is 2.21. The van der Waals surface area contributed by atoms with Crippen molar-refractivity contribution >= 4 is 28.4 Å². The Bertz CT molecular complexity index is 1040. The quantitative estimate of drug-likeness (QED) is 0.524. The zero-order chi connectivity index (χ0) is 21.6. The molecule has 2 amide bonds. The zero-order valence-corrected chi connectivity index (χ0v) is 18.0. The van der Waals surface area contributed by atoms with E-state index in [0.717, 1.165) is 35.1 Å². The Balaban J connectivity index is 1.39. The molecule has 0 saturated carbocycles. The molecule has 2 aromatic carbocycles. The molecule has 0 bridgehead atoms. The fraction of sp³-hybridized carbons (Fsp3) is 0.360. The van der Waals surface area contributed by atoms with Gasteiger partial charge in [0.15, 0.2) is 0 Å². The van der Waals surface area contributed by atoms with Gasteiger partial charge in [0.2, 0.25) is 11.8 Å². The highest BCUT2D eigenvalue weighted by molar-refractivity contribution is 5.97. The molecule has 31 heavy (non-hydrogen) atoms. The number of nitrogens with zero attached hydrogens (tertiary/aromatic N) is 1. The standard InChI is InChI=1S/C25H30N4O2/c1-18(30)27-24(16-20-17-26-23-7-3-2-6-22(20)23)25(31)28-21-10-8-19(9-11-21)12-15-29-13-4-5-14-29/h2-3,6-11,17,24,26H,4-5,12-16H2,1H3,(H,27,30)(H,28,31). The summed E-state index contributed by atoms with van der Waals surface area (Å²) in [6.45, 7) is 4.93. The second-order valence-electron chi connectivity index (χ2n) is 8.30. The molecule has 0 spiro atoms. The molecule has 3 aromatic rings. The third kappa shape index (κ3) is 5.52. The van der Waals surface area contributed by atoms with Gasteiger partial charge in [0.25, 0.3) is 0 Å². The number of rotatable bonds is 8. The van der Waals surface area contributed by atoms with E-state index in [-0.39, 0.29) is 11.8 Å². The number of aromatic amines is 1. The Kier molecular flexibility index (Phi) is 6.67. The summed E-state index contributed by atoms with van der Waals surface area (Å²) in [5.41, 5.74) is 4.03. The summed E-state index contributed by atoms with van der Waals surface area (Å²) in [5, 5.41) is 6.82. The summed E-state index contributed by atoms with van der Waals surface area (Å²) >= 11 is 0. The Morgan fingerprint density at radius 1 is 1.06 bits per heavy atom. The lowest BCUT2D eigenvalue weighted by Gasteiger charge is -2.18. The molecule has 162 valence electrons. The molecule has 1 atom stereocenters. The SMILES string of the molecule is CC(=O)NC(Cc1c[nH]c2ccccc12)C(=O)Nc1ccc(CCN2CCCC2)cc1. The number of carbonyl (C=O) groups excluding carboxylic acids is 2. The van der Waals surface area contributed by atoms with Gasteiger partial charge in [0.1, 0.15) is 6.04 Å². The largest absolute Gasteiger partial charge is 0.361 e. The number of hydrogen-bond acceptors (Lipinski definition) is 3. The molecule has 0 aliphatic carbocycles. The molecule has 6 nitrogen and oxygen atoms in total. The van der Waals surface area contributed by atoms with E-state index in [0.29, 0.717) is 6.42 Å². The molecule has 6 heteroatoms. The summed E-state index contributed by atoms with van der Waals surface area (Å²) in [6.07, 6.45) is 5.95. The van der Waals surface area contributed by atoms with E-state index >= 15 is 0 Å². The highest BCUT2D eigenvalue weighted by Crippen LogP contribution is 2.20. The number of nitrogens with one attached hydrogen (secondary N) is 3. The van der Waals surface area contributed by atoms with E-state index < -0.39 is 6.04 Å². The van der Waals surface area contributed by atoms with Crippen molar-refractivity contribution < 1.29 is 9.59 Å². The minimum absolute atomic E-state index is 0.217. The Hall–Kier alpha value is -3.12. The Morgan fingerprint density at radius 3 is 2.55 bits per heavy atom. The first-order valence-electron chi connectivity index (χ1n) is 11.0. The monoisotopic (exact) mass is 418 g/mol. The number of likely N-dealkylation sites (tertiary alicyclic amines) is 1. The van der Waals surface area contributed by atoms with Crippen LogP contribution in [-0.2, 0) is 22.4 Å². The molecule has 1 saturated heterocycles. The van der Waals surface area contributed by atoms with Crippen molar-refractivity contribution in [2.75, 3.05) is 25.0 Å². The average molecular weight is 419 g/mol. The first-order valence-corrected chi connectivity index (χ1v) is 11.0. The lowest BCUT2D eigenvalue weighted by atomic mass is 10.0. The maximum atomic E-state index is 13.0. The van der Waals surface area contributed by atoms with E-state index in [9.17, 15) is 9.59 Å². The predicted molar refractivity (Wildman–Crippen MR) is 124 cm³/mol. The van der Waals surface area contributed by atoms with Gasteiger partial charge < -0.3 is 20.5 Å². The fourth-order valence-corrected chi connectivity index (χ4v) is 4.25. The van der Waals surface area contributed by atoms with Gasteiger partial charge in [-0.25, -0.2) is 0 Å². The number of carbonyl (C=O) groups is 2. The topological polar surface area (TPSA) is 77.2 Å². The van der Waals surface area contributed by atoms with E-state index in [4.69, 9.17) is 0 Å². The molecular formula is C25H30N4O2. The number of fused-ring (bicyclic) bond motifs is 1. The van der Waals surface area contributed by atoms with Crippen LogP contribution in [-0.4, -0.2) is 47.4 Å². The first kappa shape index (κ1) is 21.1. The number of para-hydroxylation sites is 1. The summed E-state index contributed by atoms with van der Waals surface area (Å²) in [7, 11) is 0. The lowest BCUT2D eigenvalue weighted by Crippen LogP contribution is -2.44. The van der Waals surface area contributed by atoms with E-state index in [1.165, 1.54) is 38.4 Å². The molecule has 1 aromatic heterocycles. The molecule has 1 fully saturated rings. The second-order valence-corrected chi connectivity index (χ2v) is 8.30. The van der Waals surface area contributed by atoms with Gasteiger partial charge in [0, 0.05) is 42.7 Å². The van der Waals surface area contributed by atoms with Crippen molar-refractivity contribution in [3.8, 4) is 0 Å². The molecular weight excluding hydrogens is 388 g/mol. The molecule has 4 rings (SSSR count). The Morgan fingerprint density at radius 2 is 1.81 bits per heavy atom. The maximum absolute atomic E-state index is 13.0. The third-order valence-corrected chi connectivity index (χ3v) is 5.93. The first-order chi connectivity index (χ1) is 15.1. The highest BCUT2D eigenvalue weighted by atomic mass is 16.2. The summed E-state index contributed by atoms with van der Waals surface area (Å²) in [4.78, 5) is 30.4. The molecule has 3 N–H and O–H groups in total. The molecule has 1 aliphatic rings. The van der Waals surface area contributed by atoms with Crippen LogP contribution in [0.5, 0.6) is 0 Å². The van der Waals surface area contributed by atoms with Gasteiger partial charge in [-0.15, -0.1) is 0 Å². The maximum Gasteiger partial charge on any atom is 0.247 e. The number of aromatic nitrogens is 1.